The lowest BCUT2D eigenvalue weighted by atomic mass is 9.68. The number of nitrogens with one attached hydrogen (secondary N) is 2. The fourth-order valence-corrected chi connectivity index (χ4v) is 6.66. The molecule has 0 spiro atoms. The Morgan fingerprint density at radius 2 is 1.88 bits per heavy atom. The van der Waals surface area contributed by atoms with E-state index in [1.165, 1.54) is 23.8 Å². The number of hydrogen-bond acceptors (Lipinski definition) is 2. The second-order valence-electron chi connectivity index (χ2n) is 11.2. The number of benzene rings is 3. The first-order chi connectivity index (χ1) is 19.8. The van der Waals surface area contributed by atoms with Crippen molar-refractivity contribution < 1.29 is 13.6 Å². The third kappa shape index (κ3) is 5.38. The number of fused-ring (bicyclic) bond motifs is 2. The first-order valence-corrected chi connectivity index (χ1v) is 14.3. The van der Waals surface area contributed by atoms with E-state index < -0.39 is 5.82 Å². The van der Waals surface area contributed by atoms with Crippen molar-refractivity contribution in [3.8, 4) is 5.69 Å². The molecule has 3 aromatic carbocycles. The molecule has 0 radical (unpaired) electrons. The summed E-state index contributed by atoms with van der Waals surface area (Å²) in [5.41, 5.74) is 5.63. The van der Waals surface area contributed by atoms with Gasteiger partial charge in [0.15, 0.2) is 0 Å². The number of halogens is 3. The van der Waals surface area contributed by atoms with Crippen molar-refractivity contribution in [3.63, 3.8) is 0 Å². The van der Waals surface area contributed by atoms with Gasteiger partial charge in [0, 0.05) is 17.1 Å². The van der Waals surface area contributed by atoms with Crippen molar-refractivity contribution in [2.45, 2.75) is 45.2 Å². The van der Waals surface area contributed by atoms with Gasteiger partial charge in [-0.15, -0.1) is 0 Å². The highest BCUT2D eigenvalue weighted by molar-refractivity contribution is 6.31. The van der Waals surface area contributed by atoms with Gasteiger partial charge >= 0.3 is 6.03 Å². The Morgan fingerprint density at radius 3 is 2.63 bits per heavy atom. The number of rotatable bonds is 7. The summed E-state index contributed by atoms with van der Waals surface area (Å²) in [6.45, 7) is 2.31. The minimum Gasteiger partial charge on any atom is -0.334 e. The zero-order valence-electron chi connectivity index (χ0n) is 22.7. The van der Waals surface area contributed by atoms with Crippen molar-refractivity contribution in [2.24, 2.45) is 11.3 Å². The van der Waals surface area contributed by atoms with Crippen LogP contribution >= 0.6 is 11.6 Å². The van der Waals surface area contributed by atoms with Gasteiger partial charge in [-0.3, -0.25) is 0 Å². The fraction of sp³-hybridized carbons (Fsp3) is 0.273. The van der Waals surface area contributed by atoms with Crippen LogP contribution in [0.15, 0.2) is 84.6 Å². The second-order valence-corrected chi connectivity index (χ2v) is 11.6. The SMILES string of the molecule is CC12Cc3cnn(-c4ccc(F)cc4)c3C=C1CCC2CC(NC(=O)NCc1c(F)cccc1Cl)c1ccccc1. The second kappa shape index (κ2) is 11.1. The number of carbonyl (C=O) groups is 1. The van der Waals surface area contributed by atoms with E-state index in [0.717, 1.165) is 48.2 Å². The maximum atomic E-state index is 14.2. The third-order valence-corrected chi connectivity index (χ3v) is 9.09. The molecule has 0 aliphatic heterocycles. The van der Waals surface area contributed by atoms with Crippen molar-refractivity contribution in [3.05, 3.63) is 124 Å². The average molecular weight is 573 g/mol. The highest BCUT2D eigenvalue weighted by atomic mass is 35.5. The first-order valence-electron chi connectivity index (χ1n) is 13.9. The summed E-state index contributed by atoms with van der Waals surface area (Å²) in [6, 6.07) is 20.2. The van der Waals surface area contributed by atoms with E-state index in [1.807, 2.05) is 41.2 Å². The van der Waals surface area contributed by atoms with Gasteiger partial charge in [0.2, 0.25) is 0 Å². The Kier molecular flexibility index (Phi) is 7.39. The minimum atomic E-state index is -0.449. The molecular weight excluding hydrogens is 542 g/mol. The number of amides is 2. The van der Waals surface area contributed by atoms with Gasteiger partial charge in [0.1, 0.15) is 11.6 Å². The van der Waals surface area contributed by atoms with E-state index in [-0.39, 0.29) is 40.4 Å². The van der Waals surface area contributed by atoms with Crippen LogP contribution in [0, 0.1) is 23.0 Å². The number of carbonyl (C=O) groups excluding carboxylic acids is 1. The molecule has 5 nitrogen and oxygen atoms in total. The van der Waals surface area contributed by atoms with Gasteiger partial charge in [0.05, 0.1) is 23.6 Å². The quantitative estimate of drug-likeness (QED) is 0.237. The lowest BCUT2D eigenvalue weighted by molar-refractivity contribution is 0.216. The Balaban J connectivity index is 1.21. The van der Waals surface area contributed by atoms with E-state index in [0.29, 0.717) is 5.92 Å². The van der Waals surface area contributed by atoms with Crippen LogP contribution in [0.3, 0.4) is 0 Å². The molecule has 2 aliphatic carbocycles. The number of hydrogen-bond donors (Lipinski definition) is 2. The molecule has 1 saturated carbocycles. The lowest BCUT2D eigenvalue weighted by Crippen LogP contribution is -2.40. The number of aromatic nitrogens is 2. The van der Waals surface area contributed by atoms with E-state index in [4.69, 9.17) is 11.6 Å². The lowest BCUT2D eigenvalue weighted by Gasteiger charge is -2.37. The average Bonchev–Trinajstić information content (AvgIpc) is 3.51. The smallest absolute Gasteiger partial charge is 0.315 e. The molecule has 2 aliphatic rings. The molecule has 3 unspecified atom stereocenters. The van der Waals surface area contributed by atoms with Crippen molar-refractivity contribution in [1.29, 1.82) is 0 Å². The van der Waals surface area contributed by atoms with Crippen LogP contribution in [0.25, 0.3) is 11.8 Å². The molecule has 6 rings (SSSR count). The number of allylic oxidation sites excluding steroid dienone is 1. The molecule has 4 aromatic rings. The highest BCUT2D eigenvalue weighted by Gasteiger charge is 2.46. The molecule has 2 amide bonds. The number of nitrogens with zero attached hydrogens (tertiary/aromatic N) is 2. The van der Waals surface area contributed by atoms with E-state index >= 15 is 0 Å². The monoisotopic (exact) mass is 572 g/mol. The standard InChI is InChI=1S/C33H31ClF2N4O/c1-33-18-22-19-38-40(26-14-12-25(35)13-15-26)31(22)17-24(33)11-10-23(33)16-30(21-6-3-2-4-7-21)39-32(41)37-20-27-28(34)8-5-9-29(27)36/h2-9,12-15,17,19,23,30H,10-11,16,18,20H2,1H3,(H2,37,39,41). The molecule has 0 bridgehead atoms. The minimum absolute atomic E-state index is 0.00625. The number of urea groups is 1. The summed E-state index contributed by atoms with van der Waals surface area (Å²) in [6.07, 6.45) is 7.75. The molecule has 0 saturated heterocycles. The Hall–Kier alpha value is -3.97. The zero-order chi connectivity index (χ0) is 28.6. The van der Waals surface area contributed by atoms with Crippen LogP contribution in [0.5, 0.6) is 0 Å². The Labute approximate surface area is 243 Å². The predicted octanol–water partition coefficient (Wildman–Crippen LogP) is 7.79. The molecule has 1 heterocycles. The van der Waals surface area contributed by atoms with Gasteiger partial charge in [-0.25, -0.2) is 18.3 Å². The van der Waals surface area contributed by atoms with E-state index in [1.54, 1.807) is 24.3 Å². The van der Waals surface area contributed by atoms with E-state index in [2.05, 4.69) is 28.7 Å². The Morgan fingerprint density at radius 1 is 1.10 bits per heavy atom. The third-order valence-electron chi connectivity index (χ3n) is 8.74. The van der Waals surface area contributed by atoms with Crippen LogP contribution in [0.4, 0.5) is 13.6 Å². The molecule has 2 N–H and O–H groups in total. The van der Waals surface area contributed by atoms with Crippen molar-refractivity contribution in [1.82, 2.24) is 20.4 Å². The maximum Gasteiger partial charge on any atom is 0.315 e. The summed E-state index contributed by atoms with van der Waals surface area (Å²) in [7, 11) is 0. The van der Waals surface area contributed by atoms with E-state index in [9.17, 15) is 13.6 Å². The molecular formula is C33H31ClF2N4O. The highest BCUT2D eigenvalue weighted by Crippen LogP contribution is 2.55. The summed E-state index contributed by atoms with van der Waals surface area (Å²) < 4.78 is 29.6. The van der Waals surface area contributed by atoms with Gasteiger partial charge in [0.25, 0.3) is 0 Å². The fourth-order valence-electron chi connectivity index (χ4n) is 6.43. The summed E-state index contributed by atoms with van der Waals surface area (Å²) in [5, 5.41) is 10.9. The van der Waals surface area contributed by atoms with Crippen LogP contribution < -0.4 is 10.6 Å². The van der Waals surface area contributed by atoms with Gasteiger partial charge in [-0.05, 0) is 90.6 Å². The Bertz CT molecular complexity index is 1580. The van der Waals surface area contributed by atoms with Crippen LogP contribution in [-0.4, -0.2) is 15.8 Å². The first kappa shape index (κ1) is 27.2. The van der Waals surface area contributed by atoms with Crippen LogP contribution in [0.2, 0.25) is 5.02 Å². The van der Waals surface area contributed by atoms with Crippen LogP contribution in [-0.2, 0) is 13.0 Å². The molecule has 41 heavy (non-hydrogen) atoms. The molecule has 3 atom stereocenters. The summed E-state index contributed by atoms with van der Waals surface area (Å²) in [4.78, 5) is 13.0. The summed E-state index contributed by atoms with van der Waals surface area (Å²) in [5.74, 6) is -0.400. The zero-order valence-corrected chi connectivity index (χ0v) is 23.5. The molecule has 210 valence electrons. The molecule has 1 fully saturated rings. The summed E-state index contributed by atoms with van der Waals surface area (Å²) >= 11 is 6.15. The van der Waals surface area contributed by atoms with Crippen LogP contribution in [0.1, 0.15) is 54.6 Å². The van der Waals surface area contributed by atoms with Crippen molar-refractivity contribution in [2.75, 3.05) is 0 Å². The van der Waals surface area contributed by atoms with Gasteiger partial charge < -0.3 is 10.6 Å². The predicted molar refractivity (Wildman–Crippen MR) is 157 cm³/mol. The van der Waals surface area contributed by atoms with Gasteiger partial charge in [-0.1, -0.05) is 60.5 Å². The molecule has 1 aromatic heterocycles. The largest absolute Gasteiger partial charge is 0.334 e. The van der Waals surface area contributed by atoms with Crippen molar-refractivity contribution >= 4 is 23.7 Å². The normalized spacial score (nSPS) is 20.1. The molecule has 8 heteroatoms. The topological polar surface area (TPSA) is 59.0 Å². The maximum absolute atomic E-state index is 14.2. The van der Waals surface area contributed by atoms with Gasteiger partial charge in [-0.2, -0.15) is 5.10 Å².